The van der Waals surface area contributed by atoms with Crippen LogP contribution in [0, 0.1) is 6.92 Å². The smallest absolute Gasteiger partial charge is 0.319 e. The number of aliphatic carboxylic acids is 1. The molecule has 1 atom stereocenters. The van der Waals surface area contributed by atoms with E-state index in [4.69, 9.17) is 25.8 Å². The predicted octanol–water partition coefficient (Wildman–Crippen LogP) is 4.71. The van der Waals surface area contributed by atoms with E-state index in [0.29, 0.717) is 52.2 Å². The zero-order valence-corrected chi connectivity index (χ0v) is 23.4. The highest BCUT2D eigenvalue weighted by Crippen LogP contribution is 2.32. The van der Waals surface area contributed by atoms with E-state index < -0.39 is 35.8 Å². The molecule has 3 rings (SSSR count). The van der Waals surface area contributed by atoms with Crippen molar-refractivity contribution in [1.29, 1.82) is 0 Å². The van der Waals surface area contributed by atoms with Gasteiger partial charge in [0.1, 0.15) is 11.5 Å². The van der Waals surface area contributed by atoms with Crippen LogP contribution in [0.15, 0.2) is 47.4 Å². The number of pyridine rings is 1. The molecule has 40 heavy (non-hydrogen) atoms. The van der Waals surface area contributed by atoms with Crippen LogP contribution in [0.3, 0.4) is 0 Å². The van der Waals surface area contributed by atoms with Gasteiger partial charge in [-0.1, -0.05) is 23.7 Å². The molecule has 11 nitrogen and oxygen atoms in total. The number of hydrogen-bond donors (Lipinski definition) is 4. The normalized spacial score (nSPS) is 11.4. The van der Waals surface area contributed by atoms with Crippen LogP contribution >= 0.6 is 11.6 Å². The Balaban J connectivity index is 1.91. The van der Waals surface area contributed by atoms with Gasteiger partial charge >= 0.3 is 12.0 Å². The second-order valence-corrected chi connectivity index (χ2v) is 9.12. The third-order valence-electron chi connectivity index (χ3n) is 5.95. The largest absolute Gasteiger partial charge is 0.505 e. The summed E-state index contributed by atoms with van der Waals surface area (Å²) in [6.45, 7) is 5.95. The first kappa shape index (κ1) is 30.2. The summed E-state index contributed by atoms with van der Waals surface area (Å²) in [7, 11) is 1.48. The average molecular weight is 574 g/mol. The highest BCUT2D eigenvalue weighted by molar-refractivity contribution is 6.31. The van der Waals surface area contributed by atoms with Gasteiger partial charge in [0.25, 0.3) is 5.56 Å². The lowest BCUT2D eigenvalue weighted by molar-refractivity contribution is -0.137. The second-order valence-electron chi connectivity index (χ2n) is 8.71. The molecule has 1 aromatic heterocycles. The Morgan fingerprint density at radius 2 is 1.77 bits per heavy atom. The Morgan fingerprint density at radius 1 is 1.07 bits per heavy atom. The third-order valence-corrected chi connectivity index (χ3v) is 6.31. The molecule has 0 spiro atoms. The molecule has 1 heterocycles. The molecule has 214 valence electrons. The minimum atomic E-state index is -1.16. The lowest BCUT2D eigenvalue weighted by Gasteiger charge is -2.21. The molecule has 0 aliphatic carbocycles. The standard InChI is InChI=1S/C28H32ClN3O8/c1-5-39-22-11-10-17(12-23(22)40-6-2)20(13-24(33)34)30-28(37)31-25-26(35)16(3)14-32(27(25)36)15-18-19(29)8-7-9-21(18)38-4/h7-12,14,20,35H,5-6,13,15H2,1-4H3,(H,33,34)(H2,30,31,37)/t20-/m0/s1. The highest BCUT2D eigenvalue weighted by Gasteiger charge is 2.23. The number of hydrogen-bond acceptors (Lipinski definition) is 7. The number of aromatic hydroxyl groups is 1. The first-order valence-corrected chi connectivity index (χ1v) is 12.9. The summed E-state index contributed by atoms with van der Waals surface area (Å²) >= 11 is 6.33. The van der Waals surface area contributed by atoms with E-state index >= 15 is 0 Å². The summed E-state index contributed by atoms with van der Waals surface area (Å²) in [6, 6.07) is 8.03. The fraction of sp³-hybridized carbons (Fsp3) is 0.321. The zero-order valence-electron chi connectivity index (χ0n) is 22.6. The van der Waals surface area contributed by atoms with E-state index in [-0.39, 0.29) is 12.2 Å². The van der Waals surface area contributed by atoms with Gasteiger partial charge in [0, 0.05) is 22.3 Å². The number of carboxylic acids is 1. The van der Waals surface area contributed by atoms with E-state index in [2.05, 4.69) is 10.6 Å². The number of amides is 2. The van der Waals surface area contributed by atoms with Crippen LogP contribution in [0.25, 0.3) is 0 Å². The highest BCUT2D eigenvalue weighted by atomic mass is 35.5. The molecule has 0 saturated heterocycles. The number of halogens is 1. The molecule has 0 bridgehead atoms. The fourth-order valence-corrected chi connectivity index (χ4v) is 4.32. The maximum Gasteiger partial charge on any atom is 0.319 e. The number of methoxy groups -OCH3 is 1. The van der Waals surface area contributed by atoms with Crippen LogP contribution in [-0.4, -0.2) is 47.1 Å². The van der Waals surface area contributed by atoms with Crippen LogP contribution in [-0.2, 0) is 11.3 Å². The van der Waals surface area contributed by atoms with Crippen molar-refractivity contribution >= 4 is 29.3 Å². The van der Waals surface area contributed by atoms with Crippen LogP contribution in [0.4, 0.5) is 10.5 Å². The van der Waals surface area contributed by atoms with Crippen molar-refractivity contribution in [2.45, 2.75) is 39.8 Å². The van der Waals surface area contributed by atoms with E-state index in [9.17, 15) is 24.6 Å². The minimum Gasteiger partial charge on any atom is -0.505 e. The molecule has 2 amide bonds. The van der Waals surface area contributed by atoms with Gasteiger partial charge in [0.2, 0.25) is 0 Å². The Bertz CT molecular complexity index is 1440. The average Bonchev–Trinajstić information content (AvgIpc) is 2.91. The number of rotatable bonds is 12. The molecule has 2 aromatic carbocycles. The molecule has 0 aliphatic rings. The molecule has 0 aliphatic heterocycles. The maximum atomic E-state index is 13.3. The SMILES string of the molecule is CCOc1ccc([C@H](CC(=O)O)NC(=O)Nc2c(O)c(C)cn(Cc3c(Cl)cccc3OC)c2=O)cc1OCC. The van der Waals surface area contributed by atoms with E-state index in [1.807, 2.05) is 6.92 Å². The van der Waals surface area contributed by atoms with Crippen LogP contribution in [0.1, 0.15) is 43.0 Å². The molecule has 0 fully saturated rings. The van der Waals surface area contributed by atoms with Crippen molar-refractivity contribution in [3.05, 3.63) is 74.7 Å². The number of benzene rings is 2. The lowest BCUT2D eigenvalue weighted by atomic mass is 10.0. The van der Waals surface area contributed by atoms with Gasteiger partial charge in [0.05, 0.1) is 39.3 Å². The van der Waals surface area contributed by atoms with Crippen LogP contribution < -0.4 is 30.4 Å². The minimum absolute atomic E-state index is 0.00707. The van der Waals surface area contributed by atoms with Crippen molar-refractivity contribution < 1.29 is 34.0 Å². The first-order valence-electron chi connectivity index (χ1n) is 12.5. The fourth-order valence-electron chi connectivity index (χ4n) is 4.10. The first-order chi connectivity index (χ1) is 19.1. The number of carboxylic acid groups (broad SMARTS) is 1. The maximum absolute atomic E-state index is 13.3. The van der Waals surface area contributed by atoms with Crippen molar-refractivity contribution in [2.24, 2.45) is 0 Å². The number of carbonyl (C=O) groups excluding carboxylic acids is 1. The molecule has 0 saturated carbocycles. The van der Waals surface area contributed by atoms with Gasteiger partial charge in [-0.2, -0.15) is 0 Å². The number of urea groups is 1. The van der Waals surface area contributed by atoms with Gasteiger partial charge in [-0.25, -0.2) is 4.79 Å². The second kappa shape index (κ2) is 13.6. The number of nitrogens with one attached hydrogen (secondary N) is 2. The molecule has 0 unspecified atom stereocenters. The predicted molar refractivity (Wildman–Crippen MR) is 150 cm³/mol. The summed E-state index contributed by atoms with van der Waals surface area (Å²) in [6.07, 6.45) is 0.981. The summed E-state index contributed by atoms with van der Waals surface area (Å²) in [5, 5.41) is 25.4. The molecule has 4 N–H and O–H groups in total. The van der Waals surface area contributed by atoms with Crippen molar-refractivity contribution in [3.63, 3.8) is 0 Å². The van der Waals surface area contributed by atoms with Crippen molar-refractivity contribution in [3.8, 4) is 23.0 Å². The van der Waals surface area contributed by atoms with Gasteiger partial charge in [-0.05, 0) is 50.6 Å². The topological polar surface area (TPSA) is 148 Å². The van der Waals surface area contributed by atoms with Gasteiger partial charge in [-0.3, -0.25) is 9.59 Å². The molecular weight excluding hydrogens is 542 g/mol. The van der Waals surface area contributed by atoms with Crippen LogP contribution in [0.5, 0.6) is 23.0 Å². The molecule has 0 radical (unpaired) electrons. The number of aromatic nitrogens is 1. The number of anilines is 1. The Labute approximate surface area is 236 Å². The number of carbonyl (C=O) groups is 2. The summed E-state index contributed by atoms with van der Waals surface area (Å²) in [5.74, 6) is -0.236. The van der Waals surface area contributed by atoms with Crippen molar-refractivity contribution in [2.75, 3.05) is 25.6 Å². The van der Waals surface area contributed by atoms with E-state index in [1.54, 1.807) is 50.2 Å². The van der Waals surface area contributed by atoms with Crippen molar-refractivity contribution in [1.82, 2.24) is 9.88 Å². The monoisotopic (exact) mass is 573 g/mol. The summed E-state index contributed by atoms with van der Waals surface area (Å²) in [5.41, 5.74) is 0.224. The Morgan fingerprint density at radius 3 is 2.42 bits per heavy atom. The molecule has 12 heteroatoms. The molecule has 3 aromatic rings. The lowest BCUT2D eigenvalue weighted by Crippen LogP contribution is -2.36. The summed E-state index contributed by atoms with van der Waals surface area (Å²) in [4.78, 5) is 37.9. The zero-order chi connectivity index (χ0) is 29.4. The third kappa shape index (κ3) is 7.17. The number of nitrogens with zero attached hydrogens (tertiary/aromatic N) is 1. The number of aryl methyl sites for hydroxylation is 1. The number of ether oxygens (including phenoxy) is 3. The van der Waals surface area contributed by atoms with E-state index in [0.717, 1.165) is 0 Å². The quantitative estimate of drug-likeness (QED) is 0.243. The van der Waals surface area contributed by atoms with Gasteiger partial charge in [0.15, 0.2) is 17.2 Å². The van der Waals surface area contributed by atoms with E-state index in [1.165, 1.54) is 17.9 Å². The Hall–Kier alpha value is -4.38. The van der Waals surface area contributed by atoms with Gasteiger partial charge in [-0.15, -0.1) is 0 Å². The Kier molecular flexibility index (Phi) is 10.3. The van der Waals surface area contributed by atoms with Gasteiger partial charge < -0.3 is 39.6 Å². The molecular formula is C28H32ClN3O8. The summed E-state index contributed by atoms with van der Waals surface area (Å²) < 4.78 is 17.8. The van der Waals surface area contributed by atoms with Crippen LogP contribution in [0.2, 0.25) is 5.02 Å².